The Labute approximate surface area is 300 Å². The second kappa shape index (κ2) is 16.9. The van der Waals surface area contributed by atoms with Crippen LogP contribution in [0.2, 0.25) is 0 Å². The molecule has 1 radical (unpaired) electrons. The number of ketones is 1. The molecule has 5 heteroatoms. The predicted molar refractivity (Wildman–Crippen MR) is 197 cm³/mol. The van der Waals surface area contributed by atoms with Crippen molar-refractivity contribution in [3.63, 3.8) is 0 Å². The minimum absolute atomic E-state index is 0. The third-order valence-electron chi connectivity index (χ3n) is 10.3. The number of furan rings is 1. The van der Waals surface area contributed by atoms with Crippen molar-refractivity contribution in [3.8, 4) is 11.3 Å². The maximum Gasteiger partial charge on any atom is 0.162 e. The van der Waals surface area contributed by atoms with Crippen LogP contribution in [0, 0.1) is 24.8 Å². The molecule has 0 spiro atoms. The summed E-state index contributed by atoms with van der Waals surface area (Å²) in [6, 6.07) is 21.1. The summed E-state index contributed by atoms with van der Waals surface area (Å²) < 4.78 is 6.35. The average molecular weight is 823 g/mol. The quantitative estimate of drug-likeness (QED) is 0.0866. The van der Waals surface area contributed by atoms with E-state index in [-0.39, 0.29) is 43.5 Å². The molecule has 2 aromatic heterocycles. The van der Waals surface area contributed by atoms with Crippen LogP contribution in [0.3, 0.4) is 0 Å². The molecule has 0 aliphatic heterocycles. The van der Waals surface area contributed by atoms with E-state index in [1.165, 1.54) is 53.7 Å². The van der Waals surface area contributed by atoms with Gasteiger partial charge in [0.2, 0.25) is 0 Å². The van der Waals surface area contributed by atoms with Gasteiger partial charge in [0.05, 0.1) is 11.3 Å². The Morgan fingerprint density at radius 2 is 1.58 bits per heavy atom. The van der Waals surface area contributed by atoms with Gasteiger partial charge < -0.3 is 14.5 Å². The first-order chi connectivity index (χ1) is 22.7. The number of aliphatic hydroxyl groups is 1. The van der Waals surface area contributed by atoms with Gasteiger partial charge in [-0.15, -0.1) is 17.7 Å². The van der Waals surface area contributed by atoms with Crippen molar-refractivity contribution in [1.29, 1.82) is 0 Å². The van der Waals surface area contributed by atoms with E-state index < -0.39 is 0 Å². The topological polar surface area (TPSA) is 63.3 Å². The molecule has 4 nitrogen and oxygen atoms in total. The van der Waals surface area contributed by atoms with E-state index >= 15 is 0 Å². The molecule has 2 heterocycles. The number of benzene rings is 3. The van der Waals surface area contributed by atoms with E-state index in [0.717, 1.165) is 64.4 Å². The summed E-state index contributed by atoms with van der Waals surface area (Å²) in [4.78, 5) is 16.7. The van der Waals surface area contributed by atoms with Gasteiger partial charge >= 0.3 is 0 Å². The van der Waals surface area contributed by atoms with Gasteiger partial charge in [0.1, 0.15) is 5.58 Å². The van der Waals surface area contributed by atoms with Crippen LogP contribution in [-0.2, 0) is 24.9 Å². The Bertz CT molecular complexity index is 1870. The maximum absolute atomic E-state index is 11.7. The molecule has 0 atom stereocenters. The van der Waals surface area contributed by atoms with Crippen molar-refractivity contribution in [3.05, 3.63) is 89.3 Å². The molecule has 6 rings (SSSR count). The fourth-order valence-corrected chi connectivity index (χ4v) is 7.30. The second-order valence-electron chi connectivity index (χ2n) is 13.7. The molecular formula is C43H52IrNO3-. The molecule has 48 heavy (non-hydrogen) atoms. The summed E-state index contributed by atoms with van der Waals surface area (Å²) in [5.74, 6) is 1.67. The minimum Gasteiger partial charge on any atom is -0.512 e. The molecule has 0 unspecified atom stereocenters. The molecule has 5 aromatic rings. The van der Waals surface area contributed by atoms with Crippen molar-refractivity contribution in [1.82, 2.24) is 4.98 Å². The number of fused-ring (bicyclic) bond motifs is 4. The zero-order valence-electron chi connectivity index (χ0n) is 29.8. The van der Waals surface area contributed by atoms with E-state index in [4.69, 9.17) is 9.40 Å². The molecule has 0 saturated heterocycles. The number of hydrogen-bond donors (Lipinski definition) is 1. The first kappa shape index (κ1) is 37.5. The van der Waals surface area contributed by atoms with Crippen LogP contribution in [0.1, 0.15) is 121 Å². The van der Waals surface area contributed by atoms with Crippen molar-refractivity contribution in [2.75, 3.05) is 0 Å². The number of carbonyl (C=O) groups excluding carboxylic acids is 1. The van der Waals surface area contributed by atoms with Crippen molar-refractivity contribution in [2.45, 2.75) is 112 Å². The zero-order chi connectivity index (χ0) is 33.7. The second-order valence-corrected chi connectivity index (χ2v) is 13.7. The number of pyridine rings is 1. The number of aliphatic hydroxyl groups excluding tert-OH is 1. The van der Waals surface area contributed by atoms with Gasteiger partial charge in [0.15, 0.2) is 5.78 Å². The van der Waals surface area contributed by atoms with Crippen LogP contribution in [0.5, 0.6) is 0 Å². The van der Waals surface area contributed by atoms with Crippen LogP contribution in [0.15, 0.2) is 71.0 Å². The number of hydrogen-bond acceptors (Lipinski definition) is 4. The van der Waals surface area contributed by atoms with Crippen LogP contribution in [0.25, 0.3) is 44.0 Å². The predicted octanol–water partition coefficient (Wildman–Crippen LogP) is 12.6. The summed E-state index contributed by atoms with van der Waals surface area (Å²) in [6.45, 7) is 14.7. The molecule has 257 valence electrons. The van der Waals surface area contributed by atoms with Gasteiger partial charge in [0, 0.05) is 49.6 Å². The fraction of sp³-hybridized carbons (Fsp3) is 0.442. The number of aryl methyl sites for hydroxylation is 1. The molecule has 1 aliphatic rings. The van der Waals surface area contributed by atoms with Crippen LogP contribution in [0.4, 0.5) is 0 Å². The van der Waals surface area contributed by atoms with Crippen molar-refractivity contribution >= 4 is 38.5 Å². The Balaban J connectivity index is 0.000000279. The van der Waals surface area contributed by atoms with Crippen LogP contribution >= 0.6 is 0 Å². The van der Waals surface area contributed by atoms with E-state index in [0.29, 0.717) is 11.8 Å². The summed E-state index contributed by atoms with van der Waals surface area (Å²) in [5.41, 5.74) is 7.62. The van der Waals surface area contributed by atoms with E-state index in [1.54, 1.807) is 0 Å². The normalized spacial score (nSPS) is 13.9. The molecule has 3 aromatic carbocycles. The SMILES string of the molecule is CCC(CC)C(=O)/C=C(\O)C(CC)CC.Cc1[c-]c(-c2ncc(C(C)C)c3cc(C4CCCC4)ccc23)c2oc3ccccc3c2c1.[Ir]. The summed E-state index contributed by atoms with van der Waals surface area (Å²) in [6.07, 6.45) is 12.3. The standard InChI is InChI=1S/C30H28NO.C13H24O2.Ir/c1-18(2)27-17-31-29(23-13-12-21(16-24(23)27)20-8-4-5-9-20)26-15-19(3)14-25-22-10-6-7-11-28(22)32-30(25)26;1-5-10(6-2)12(14)9-13(15)11(7-3)8-4;/h6-7,10-14,16-18,20H,4-5,8-9H2,1-3H3;9-11,14H,5-8H2,1-4H3;/q-1;;/b;12-9-;. The van der Waals surface area contributed by atoms with E-state index in [1.807, 2.05) is 39.8 Å². The van der Waals surface area contributed by atoms with Crippen molar-refractivity contribution < 1.29 is 34.4 Å². The molecule has 0 bridgehead atoms. The zero-order valence-corrected chi connectivity index (χ0v) is 32.2. The minimum atomic E-state index is 0. The number of aromatic nitrogens is 1. The van der Waals surface area contributed by atoms with Gasteiger partial charge in [-0.25, -0.2) is 0 Å². The summed E-state index contributed by atoms with van der Waals surface area (Å²) in [7, 11) is 0. The molecule has 1 saturated carbocycles. The largest absolute Gasteiger partial charge is 0.512 e. The third kappa shape index (κ3) is 7.95. The van der Waals surface area contributed by atoms with Gasteiger partial charge in [0.25, 0.3) is 0 Å². The number of carbonyl (C=O) groups is 1. The van der Waals surface area contributed by atoms with Gasteiger partial charge in [-0.3, -0.25) is 4.79 Å². The van der Waals surface area contributed by atoms with E-state index in [9.17, 15) is 9.90 Å². The van der Waals surface area contributed by atoms with Gasteiger partial charge in [-0.05, 0) is 84.0 Å². The Morgan fingerprint density at radius 3 is 2.23 bits per heavy atom. The fourth-order valence-electron chi connectivity index (χ4n) is 7.30. The maximum atomic E-state index is 11.7. The monoisotopic (exact) mass is 823 g/mol. The average Bonchev–Trinajstić information content (AvgIpc) is 3.74. The van der Waals surface area contributed by atoms with Crippen molar-refractivity contribution in [2.24, 2.45) is 11.8 Å². The number of allylic oxidation sites excluding steroid dienone is 2. The Hall–Kier alpha value is -3.27. The van der Waals surface area contributed by atoms with Gasteiger partial charge in [-0.1, -0.05) is 109 Å². The third-order valence-corrected chi connectivity index (χ3v) is 10.3. The first-order valence-electron chi connectivity index (χ1n) is 17.9. The Morgan fingerprint density at radius 1 is 0.917 bits per heavy atom. The Kier molecular flexibility index (Phi) is 13.2. The number of para-hydroxylation sites is 1. The number of nitrogens with zero attached hydrogens (tertiary/aromatic N) is 1. The van der Waals surface area contributed by atoms with Crippen LogP contribution < -0.4 is 0 Å². The molecule has 1 fully saturated rings. The molecule has 1 aliphatic carbocycles. The summed E-state index contributed by atoms with van der Waals surface area (Å²) in [5, 5.41) is 14.6. The summed E-state index contributed by atoms with van der Waals surface area (Å²) >= 11 is 0. The number of rotatable bonds is 10. The smallest absolute Gasteiger partial charge is 0.162 e. The first-order valence-corrected chi connectivity index (χ1v) is 17.9. The molecule has 1 N–H and O–H groups in total. The van der Waals surface area contributed by atoms with E-state index in [2.05, 4.69) is 69.4 Å². The van der Waals surface area contributed by atoms with Gasteiger partial charge in [-0.2, -0.15) is 0 Å². The molecular weight excluding hydrogens is 771 g/mol. The molecule has 0 amide bonds. The van der Waals surface area contributed by atoms with Crippen LogP contribution in [-0.4, -0.2) is 15.9 Å².